The minimum atomic E-state index is 0.176. The Morgan fingerprint density at radius 1 is 1.00 bits per heavy atom. The van der Waals surface area contributed by atoms with Crippen LogP contribution < -0.4 is 4.90 Å². The van der Waals surface area contributed by atoms with Crippen molar-refractivity contribution >= 4 is 17.5 Å². The Morgan fingerprint density at radius 3 is 2.43 bits per heavy atom. The van der Waals surface area contributed by atoms with Crippen LogP contribution in [0.15, 0.2) is 12.7 Å². The number of hydrogen-bond donors (Lipinski definition) is 0. The monoisotopic (exact) mass is 306 g/mol. The number of hydrogen-bond acceptors (Lipinski definition) is 7. The van der Waals surface area contributed by atoms with Gasteiger partial charge in [-0.05, 0) is 24.4 Å². The second-order valence-electron chi connectivity index (χ2n) is 5.30. The van der Waals surface area contributed by atoms with Crippen LogP contribution >= 0.6 is 11.6 Å². The van der Waals surface area contributed by atoms with Crippen LogP contribution in [0.4, 0.5) is 5.95 Å². The average molecular weight is 307 g/mol. The molecule has 0 bridgehead atoms. The summed E-state index contributed by atoms with van der Waals surface area (Å²) in [4.78, 5) is 21.4. The van der Waals surface area contributed by atoms with Crippen molar-refractivity contribution in [1.29, 1.82) is 0 Å². The summed E-state index contributed by atoms with van der Waals surface area (Å²) in [6.45, 7) is 3.92. The molecule has 1 aliphatic carbocycles. The third-order valence-corrected chi connectivity index (χ3v) is 4.04. The lowest BCUT2D eigenvalue weighted by atomic mass is 10.3. The van der Waals surface area contributed by atoms with Gasteiger partial charge in [0.2, 0.25) is 11.2 Å². The van der Waals surface area contributed by atoms with Gasteiger partial charge >= 0.3 is 0 Å². The fraction of sp³-hybridized carbons (Fsp3) is 0.583. The molecule has 2 aliphatic rings. The number of rotatable bonds is 3. The van der Waals surface area contributed by atoms with Gasteiger partial charge in [-0.25, -0.2) is 4.98 Å². The zero-order valence-corrected chi connectivity index (χ0v) is 12.2. The molecule has 0 spiro atoms. The summed E-state index contributed by atoms with van der Waals surface area (Å²) in [6.07, 6.45) is 5.66. The molecular formula is C12H15ClN8. The largest absolute Gasteiger partial charge is 0.338 e. The summed E-state index contributed by atoms with van der Waals surface area (Å²) in [5.41, 5.74) is 0. The highest BCUT2D eigenvalue weighted by Crippen LogP contribution is 2.28. The van der Waals surface area contributed by atoms with Gasteiger partial charge in [0, 0.05) is 32.2 Å². The third-order valence-electron chi connectivity index (χ3n) is 3.87. The molecule has 0 aromatic carbocycles. The molecule has 2 aromatic rings. The molecule has 0 N–H and O–H groups in total. The van der Waals surface area contributed by atoms with Crippen LogP contribution in [-0.4, -0.2) is 66.8 Å². The lowest BCUT2D eigenvalue weighted by Crippen LogP contribution is -2.47. The first-order chi connectivity index (χ1) is 10.3. The Kier molecular flexibility index (Phi) is 3.19. The molecule has 110 valence electrons. The number of halogens is 1. The summed E-state index contributed by atoms with van der Waals surface area (Å²) in [5, 5.41) is 4.20. The molecule has 0 radical (unpaired) electrons. The van der Waals surface area contributed by atoms with Gasteiger partial charge in [0.05, 0.1) is 0 Å². The van der Waals surface area contributed by atoms with Gasteiger partial charge < -0.3 is 4.90 Å². The number of piperazine rings is 1. The molecule has 21 heavy (non-hydrogen) atoms. The first-order valence-electron chi connectivity index (χ1n) is 7.05. The molecule has 0 amide bonds. The standard InChI is InChI=1S/C12H15ClN8/c13-10-16-11(18-12(17-10)21-8-14-7-15-21)20-5-3-19(4-6-20)9-1-2-9/h7-9H,1-6H2. The van der Waals surface area contributed by atoms with Crippen molar-refractivity contribution in [3.8, 4) is 5.95 Å². The van der Waals surface area contributed by atoms with Gasteiger partial charge in [-0.3, -0.25) is 4.90 Å². The van der Waals surface area contributed by atoms with Crippen LogP contribution in [0, 0.1) is 0 Å². The van der Waals surface area contributed by atoms with E-state index in [1.165, 1.54) is 23.9 Å². The molecule has 1 saturated carbocycles. The maximum absolute atomic E-state index is 6.01. The molecule has 2 fully saturated rings. The van der Waals surface area contributed by atoms with E-state index in [4.69, 9.17) is 11.6 Å². The van der Waals surface area contributed by atoms with Crippen molar-refractivity contribution in [2.45, 2.75) is 18.9 Å². The Labute approximate surface area is 126 Å². The molecular weight excluding hydrogens is 292 g/mol. The SMILES string of the molecule is Clc1nc(N2CCN(C3CC3)CC2)nc(-n2cncn2)n1. The molecule has 0 atom stereocenters. The highest BCUT2D eigenvalue weighted by Gasteiger charge is 2.31. The molecule has 8 nitrogen and oxygen atoms in total. The minimum absolute atomic E-state index is 0.176. The van der Waals surface area contributed by atoms with Crippen molar-refractivity contribution in [1.82, 2.24) is 34.6 Å². The first-order valence-corrected chi connectivity index (χ1v) is 7.43. The first kappa shape index (κ1) is 12.9. The van der Waals surface area contributed by atoms with Crippen molar-refractivity contribution in [2.75, 3.05) is 31.1 Å². The van der Waals surface area contributed by atoms with Crippen molar-refractivity contribution in [3.63, 3.8) is 0 Å². The zero-order valence-electron chi connectivity index (χ0n) is 11.4. The highest BCUT2D eigenvalue weighted by molar-refractivity contribution is 6.28. The maximum Gasteiger partial charge on any atom is 0.258 e. The van der Waals surface area contributed by atoms with Gasteiger partial charge in [0.15, 0.2) is 0 Å². The number of aromatic nitrogens is 6. The summed E-state index contributed by atoms with van der Waals surface area (Å²) < 4.78 is 1.48. The van der Waals surface area contributed by atoms with E-state index in [9.17, 15) is 0 Å². The van der Waals surface area contributed by atoms with E-state index in [1.54, 1.807) is 6.33 Å². The smallest absolute Gasteiger partial charge is 0.258 e. The Balaban J connectivity index is 1.54. The van der Waals surface area contributed by atoms with E-state index in [2.05, 4.69) is 34.8 Å². The van der Waals surface area contributed by atoms with Gasteiger partial charge in [0.1, 0.15) is 12.7 Å². The van der Waals surface area contributed by atoms with Crippen LogP contribution in [0.1, 0.15) is 12.8 Å². The predicted molar refractivity (Wildman–Crippen MR) is 76.6 cm³/mol. The van der Waals surface area contributed by atoms with Crippen LogP contribution in [0.2, 0.25) is 5.28 Å². The zero-order chi connectivity index (χ0) is 14.2. The van der Waals surface area contributed by atoms with E-state index in [0.717, 1.165) is 32.2 Å². The van der Waals surface area contributed by atoms with E-state index in [-0.39, 0.29) is 5.28 Å². The van der Waals surface area contributed by atoms with Crippen LogP contribution in [0.5, 0.6) is 0 Å². The Bertz CT molecular complexity index is 618. The lowest BCUT2D eigenvalue weighted by Gasteiger charge is -2.34. The predicted octanol–water partition coefficient (Wildman–Crippen LogP) is 0.390. The number of anilines is 1. The van der Waals surface area contributed by atoms with E-state index in [1.807, 2.05) is 0 Å². The van der Waals surface area contributed by atoms with Crippen LogP contribution in [-0.2, 0) is 0 Å². The van der Waals surface area contributed by atoms with Gasteiger partial charge in [0.25, 0.3) is 5.95 Å². The topological polar surface area (TPSA) is 75.9 Å². The molecule has 1 saturated heterocycles. The maximum atomic E-state index is 6.01. The second-order valence-corrected chi connectivity index (χ2v) is 5.64. The average Bonchev–Trinajstić information content (AvgIpc) is 3.21. The summed E-state index contributed by atoms with van der Waals surface area (Å²) >= 11 is 6.01. The quantitative estimate of drug-likeness (QED) is 0.812. The van der Waals surface area contributed by atoms with E-state index >= 15 is 0 Å². The highest BCUT2D eigenvalue weighted by atomic mass is 35.5. The van der Waals surface area contributed by atoms with Crippen molar-refractivity contribution in [2.24, 2.45) is 0 Å². The molecule has 0 unspecified atom stereocenters. The number of nitrogens with zero attached hydrogens (tertiary/aromatic N) is 8. The normalized spacial score (nSPS) is 20.0. The summed E-state index contributed by atoms with van der Waals surface area (Å²) in [6, 6.07) is 0.805. The minimum Gasteiger partial charge on any atom is -0.338 e. The van der Waals surface area contributed by atoms with E-state index in [0.29, 0.717) is 11.9 Å². The summed E-state index contributed by atoms with van der Waals surface area (Å²) in [7, 11) is 0. The molecule has 2 aromatic heterocycles. The Morgan fingerprint density at radius 2 is 1.76 bits per heavy atom. The van der Waals surface area contributed by atoms with Gasteiger partial charge in [-0.1, -0.05) is 0 Å². The molecule has 1 aliphatic heterocycles. The van der Waals surface area contributed by atoms with Crippen LogP contribution in [0.25, 0.3) is 5.95 Å². The van der Waals surface area contributed by atoms with Crippen molar-refractivity contribution < 1.29 is 0 Å². The molecule has 4 rings (SSSR count). The van der Waals surface area contributed by atoms with E-state index < -0.39 is 0 Å². The summed E-state index contributed by atoms with van der Waals surface area (Å²) in [5.74, 6) is 1.00. The fourth-order valence-corrected chi connectivity index (χ4v) is 2.76. The van der Waals surface area contributed by atoms with Gasteiger partial charge in [-0.15, -0.1) is 0 Å². The lowest BCUT2D eigenvalue weighted by molar-refractivity contribution is 0.247. The third kappa shape index (κ3) is 2.68. The fourth-order valence-electron chi connectivity index (χ4n) is 2.61. The second kappa shape index (κ2) is 5.19. The van der Waals surface area contributed by atoms with Crippen LogP contribution in [0.3, 0.4) is 0 Å². The Hall–Kier alpha value is -1.80. The van der Waals surface area contributed by atoms with Crippen molar-refractivity contribution in [3.05, 3.63) is 17.9 Å². The molecule has 9 heteroatoms. The van der Waals surface area contributed by atoms with Gasteiger partial charge in [-0.2, -0.15) is 24.7 Å². The molecule has 3 heterocycles.